The van der Waals surface area contributed by atoms with Crippen LogP contribution in [0.4, 0.5) is 34.1 Å². The van der Waals surface area contributed by atoms with Crippen LogP contribution in [0.3, 0.4) is 0 Å². The Morgan fingerprint density at radius 1 is 0.604 bits per heavy atom. The summed E-state index contributed by atoms with van der Waals surface area (Å²) in [4.78, 5) is 5.27. The average molecular weight is 623 g/mol. The molecule has 0 saturated heterocycles. The lowest BCUT2D eigenvalue weighted by Gasteiger charge is -2.64. The molecule has 4 aliphatic carbocycles. The van der Waals surface area contributed by atoms with Crippen molar-refractivity contribution in [1.82, 2.24) is 0 Å². The quantitative estimate of drug-likeness (QED) is 0.168. The van der Waals surface area contributed by atoms with Crippen molar-refractivity contribution in [3.05, 3.63) is 125 Å². The molecule has 0 radical (unpaired) electrons. The summed E-state index contributed by atoms with van der Waals surface area (Å²) < 4.78 is 0. The molecule has 12 rings (SSSR count). The predicted octanol–water partition coefficient (Wildman–Crippen LogP) is 9.43. The summed E-state index contributed by atoms with van der Waals surface area (Å²) >= 11 is 0. The van der Waals surface area contributed by atoms with E-state index >= 15 is 0 Å². The fraction of sp³-hybridized carbons (Fsp3) is 0.333. The molecule has 0 amide bonds. The number of anilines is 6. The third-order valence-electron chi connectivity index (χ3n) is 13.6. The molecule has 3 heteroatoms. The second-order valence-electron chi connectivity index (χ2n) is 17.1. The van der Waals surface area contributed by atoms with Gasteiger partial charge in [0.2, 0.25) is 0 Å². The smallest absolute Gasteiger partial charge is 0.252 e. The Kier molecular flexibility index (Phi) is 5.34. The van der Waals surface area contributed by atoms with Crippen molar-refractivity contribution in [2.24, 2.45) is 23.7 Å². The highest BCUT2D eigenvalue weighted by Crippen LogP contribution is 2.69. The molecule has 3 aliphatic heterocycles. The summed E-state index contributed by atoms with van der Waals surface area (Å²) in [6, 6.07) is 40.7. The first-order chi connectivity index (χ1) is 23.3. The number of hydrogen-bond acceptors (Lipinski definition) is 2. The van der Waals surface area contributed by atoms with E-state index in [0.29, 0.717) is 0 Å². The van der Waals surface area contributed by atoms with Gasteiger partial charge in [-0.3, -0.25) is 0 Å². The van der Waals surface area contributed by atoms with Gasteiger partial charge in [-0.1, -0.05) is 87.5 Å². The van der Waals surface area contributed by atoms with Crippen LogP contribution < -0.4 is 26.2 Å². The molecule has 48 heavy (non-hydrogen) atoms. The van der Waals surface area contributed by atoms with Gasteiger partial charge in [0.15, 0.2) is 0 Å². The molecule has 3 heterocycles. The number of aryl methyl sites for hydroxylation is 1. The molecule has 5 aromatic carbocycles. The van der Waals surface area contributed by atoms with E-state index in [4.69, 9.17) is 0 Å². The van der Waals surface area contributed by atoms with Gasteiger partial charge in [-0.2, -0.15) is 0 Å². The number of para-hydroxylation sites is 2. The lowest BCUT2D eigenvalue weighted by Crippen LogP contribution is -2.64. The molecule has 0 unspecified atom stereocenters. The van der Waals surface area contributed by atoms with Crippen LogP contribution in [0.5, 0.6) is 0 Å². The maximum Gasteiger partial charge on any atom is 0.252 e. The minimum Gasteiger partial charge on any atom is -0.311 e. The Balaban J connectivity index is 1.21. The molecule has 5 aromatic rings. The molecular weight excluding hydrogens is 579 g/mol. The van der Waals surface area contributed by atoms with Gasteiger partial charge in [-0.25, -0.2) is 0 Å². The minimum absolute atomic E-state index is 0.0701. The van der Waals surface area contributed by atoms with E-state index < -0.39 is 0 Å². The maximum atomic E-state index is 2.70. The van der Waals surface area contributed by atoms with E-state index in [-0.39, 0.29) is 17.5 Å². The van der Waals surface area contributed by atoms with Crippen LogP contribution in [0, 0.1) is 30.6 Å². The first-order valence-corrected chi connectivity index (χ1v) is 18.5. The number of nitrogens with zero attached hydrogens (tertiary/aromatic N) is 2. The van der Waals surface area contributed by atoms with Gasteiger partial charge >= 0.3 is 0 Å². The molecule has 0 atom stereocenters. The number of rotatable bonds is 1. The molecule has 4 saturated carbocycles. The van der Waals surface area contributed by atoms with Crippen molar-refractivity contribution in [2.75, 3.05) is 9.80 Å². The highest BCUT2D eigenvalue weighted by Gasteiger charge is 2.62. The molecule has 7 aliphatic rings. The Hall–Kier alpha value is -4.24. The molecule has 0 aromatic heterocycles. The first-order valence-electron chi connectivity index (χ1n) is 18.5. The second kappa shape index (κ2) is 9.26. The summed E-state index contributed by atoms with van der Waals surface area (Å²) in [5.74, 6) is 3.34. The van der Waals surface area contributed by atoms with E-state index in [1.165, 1.54) is 93.7 Å². The largest absolute Gasteiger partial charge is 0.311 e. The number of benzene rings is 5. The molecular formula is C45H43BN2. The van der Waals surface area contributed by atoms with E-state index in [9.17, 15) is 0 Å². The van der Waals surface area contributed by atoms with Crippen LogP contribution in [0.25, 0.3) is 0 Å². The summed E-state index contributed by atoms with van der Waals surface area (Å²) in [5, 5.41) is 0. The molecule has 2 nitrogen and oxygen atoms in total. The minimum atomic E-state index is 0.0701. The van der Waals surface area contributed by atoms with Crippen molar-refractivity contribution in [3.8, 4) is 0 Å². The number of fused-ring (bicyclic) bond motifs is 6. The summed E-state index contributed by atoms with van der Waals surface area (Å²) in [6.07, 6.45) is 7.09. The van der Waals surface area contributed by atoms with Crippen LogP contribution in [-0.2, 0) is 10.8 Å². The van der Waals surface area contributed by atoms with Gasteiger partial charge in [-0.15, -0.1) is 0 Å². The normalized spacial score (nSPS) is 26.7. The zero-order valence-corrected chi connectivity index (χ0v) is 28.6. The Bertz CT molecular complexity index is 2160. The van der Waals surface area contributed by atoms with E-state index in [0.717, 1.165) is 23.7 Å². The predicted molar refractivity (Wildman–Crippen MR) is 202 cm³/mol. The fourth-order valence-corrected chi connectivity index (χ4v) is 12.0. The van der Waals surface area contributed by atoms with E-state index in [1.54, 1.807) is 11.1 Å². The molecule has 236 valence electrons. The average Bonchev–Trinajstić information content (AvgIpc) is 3.08. The van der Waals surface area contributed by atoms with Crippen molar-refractivity contribution < 1.29 is 0 Å². The second-order valence-corrected chi connectivity index (χ2v) is 17.1. The SMILES string of the molecule is Cc1ccc2c(c1)N(c1cccc(C(C)(C)C)c1)c1cccc3c1B2c1cccc2c1N3c1ccccc1C21C2CC3CC(C2)CC1C3. The third-order valence-corrected chi connectivity index (χ3v) is 13.6. The zero-order valence-electron chi connectivity index (χ0n) is 28.6. The van der Waals surface area contributed by atoms with Crippen molar-refractivity contribution in [2.45, 2.75) is 70.6 Å². The van der Waals surface area contributed by atoms with Crippen LogP contribution in [0.15, 0.2) is 103 Å². The first kappa shape index (κ1) is 27.7. The molecule has 4 bridgehead atoms. The van der Waals surface area contributed by atoms with Crippen molar-refractivity contribution >= 4 is 57.2 Å². The van der Waals surface area contributed by atoms with Gasteiger partial charge in [0, 0.05) is 33.9 Å². The standard InChI is InChI=1S/C45H43BN2/c1-27-18-19-36-41(20-27)47(33-11-7-10-30(26-33)44(2,3)4)39-16-9-17-40-42(39)46(36)37-14-8-13-35-43(37)48(40)38-15-6-5-12-34(38)45(35)31-22-28-21-29(24-31)25-32(45)23-28/h5-20,26,28-29,31-32H,21-25H2,1-4H3. The topological polar surface area (TPSA) is 6.48 Å². The van der Waals surface area contributed by atoms with Crippen molar-refractivity contribution in [3.63, 3.8) is 0 Å². The number of hydrogen-bond donors (Lipinski definition) is 0. The Morgan fingerprint density at radius 3 is 2.04 bits per heavy atom. The lowest BCUT2D eigenvalue weighted by atomic mass is 9.32. The summed E-state index contributed by atoms with van der Waals surface area (Å²) in [6.45, 7) is 9.40. The van der Waals surface area contributed by atoms with Crippen molar-refractivity contribution in [1.29, 1.82) is 0 Å². The van der Waals surface area contributed by atoms with Gasteiger partial charge in [0.1, 0.15) is 0 Å². The van der Waals surface area contributed by atoms with Gasteiger partial charge in [-0.05, 0) is 143 Å². The fourth-order valence-electron chi connectivity index (χ4n) is 12.0. The highest BCUT2D eigenvalue weighted by atomic mass is 15.2. The van der Waals surface area contributed by atoms with Crippen LogP contribution in [-0.4, -0.2) is 6.71 Å². The summed E-state index contributed by atoms with van der Waals surface area (Å²) in [7, 11) is 0. The zero-order chi connectivity index (χ0) is 32.1. The molecule has 0 N–H and O–H groups in total. The maximum absolute atomic E-state index is 2.70. The monoisotopic (exact) mass is 622 g/mol. The van der Waals surface area contributed by atoms with Gasteiger partial charge in [0.05, 0.1) is 5.69 Å². The Morgan fingerprint density at radius 2 is 1.27 bits per heavy atom. The lowest BCUT2D eigenvalue weighted by molar-refractivity contribution is -0.0419. The highest BCUT2D eigenvalue weighted by molar-refractivity contribution is 7.00. The van der Waals surface area contributed by atoms with Crippen LogP contribution >= 0.6 is 0 Å². The Labute approximate surface area is 285 Å². The summed E-state index contributed by atoms with van der Waals surface area (Å²) in [5.41, 5.74) is 18.6. The molecule has 4 fully saturated rings. The van der Waals surface area contributed by atoms with Gasteiger partial charge < -0.3 is 9.80 Å². The third kappa shape index (κ3) is 3.36. The van der Waals surface area contributed by atoms with E-state index in [2.05, 4.69) is 141 Å². The molecule has 1 spiro atoms. The van der Waals surface area contributed by atoms with E-state index in [1.807, 2.05) is 0 Å². The van der Waals surface area contributed by atoms with Crippen LogP contribution in [0.1, 0.15) is 75.1 Å². The van der Waals surface area contributed by atoms with Crippen LogP contribution in [0.2, 0.25) is 0 Å². The van der Waals surface area contributed by atoms with Gasteiger partial charge in [0.25, 0.3) is 6.71 Å².